The first-order valence-corrected chi connectivity index (χ1v) is 12.2. The van der Waals surface area contributed by atoms with Crippen molar-refractivity contribution in [1.29, 1.82) is 0 Å². The zero-order chi connectivity index (χ0) is 23.9. The van der Waals surface area contributed by atoms with Gasteiger partial charge >= 0.3 is 0 Å². The van der Waals surface area contributed by atoms with E-state index in [1.165, 1.54) is 11.8 Å². The van der Waals surface area contributed by atoms with Gasteiger partial charge in [0.15, 0.2) is 16.7 Å². The molecule has 34 heavy (non-hydrogen) atoms. The van der Waals surface area contributed by atoms with E-state index in [0.29, 0.717) is 34.8 Å². The Bertz CT molecular complexity index is 1190. The fourth-order valence-electron chi connectivity index (χ4n) is 3.71. The Morgan fingerprint density at radius 1 is 0.912 bits per heavy atom. The first-order chi connectivity index (χ1) is 16.6. The summed E-state index contributed by atoms with van der Waals surface area (Å²) in [4.78, 5) is 20.8. The van der Waals surface area contributed by atoms with Gasteiger partial charge in [0.2, 0.25) is 0 Å². The molecule has 0 radical (unpaired) electrons. The van der Waals surface area contributed by atoms with Crippen molar-refractivity contribution in [3.8, 4) is 11.5 Å². The van der Waals surface area contributed by atoms with E-state index < -0.39 is 0 Å². The van der Waals surface area contributed by atoms with Crippen LogP contribution in [0.1, 0.15) is 37.9 Å². The quantitative estimate of drug-likeness (QED) is 0.337. The van der Waals surface area contributed by atoms with Gasteiger partial charge in [0.1, 0.15) is 0 Å². The molecular formula is C28H28N2O3S. The highest BCUT2D eigenvalue weighted by atomic mass is 32.2. The second-order valence-corrected chi connectivity index (χ2v) is 8.68. The molecule has 0 aliphatic carbocycles. The molecule has 1 aliphatic rings. The van der Waals surface area contributed by atoms with Crippen molar-refractivity contribution >= 4 is 34.6 Å². The zero-order valence-electron chi connectivity index (χ0n) is 19.6. The van der Waals surface area contributed by atoms with Gasteiger partial charge < -0.3 is 9.47 Å². The molecule has 1 atom stereocenters. The molecule has 1 heterocycles. The number of hydrogen-bond acceptors (Lipinski definition) is 5. The van der Waals surface area contributed by atoms with Crippen LogP contribution in [0.3, 0.4) is 0 Å². The predicted molar refractivity (Wildman–Crippen MR) is 140 cm³/mol. The van der Waals surface area contributed by atoms with Crippen LogP contribution in [0.5, 0.6) is 11.5 Å². The van der Waals surface area contributed by atoms with E-state index >= 15 is 0 Å². The van der Waals surface area contributed by atoms with Gasteiger partial charge in [-0.25, -0.2) is 4.99 Å². The Hall–Kier alpha value is -3.51. The van der Waals surface area contributed by atoms with Crippen LogP contribution in [0.15, 0.2) is 88.8 Å². The summed E-state index contributed by atoms with van der Waals surface area (Å²) in [5, 5.41) is 0.662. The Kier molecular flexibility index (Phi) is 7.70. The number of rotatable bonds is 8. The molecule has 0 bridgehead atoms. The molecule has 3 aromatic carbocycles. The largest absolute Gasteiger partial charge is 0.490 e. The predicted octanol–water partition coefficient (Wildman–Crippen LogP) is 6.85. The lowest BCUT2D eigenvalue weighted by molar-refractivity contribution is -0.123. The highest BCUT2D eigenvalue weighted by Crippen LogP contribution is 2.40. The molecule has 1 fully saturated rings. The molecule has 1 amide bonds. The molecule has 4 rings (SSSR count). The normalized spacial score (nSPS) is 16.8. The monoisotopic (exact) mass is 472 g/mol. The Morgan fingerprint density at radius 2 is 1.56 bits per heavy atom. The highest BCUT2D eigenvalue weighted by Gasteiger charge is 2.37. The summed E-state index contributed by atoms with van der Waals surface area (Å²) in [7, 11) is 0. The lowest BCUT2D eigenvalue weighted by atomic mass is 10.1. The van der Waals surface area contributed by atoms with Gasteiger partial charge in [-0.15, -0.1) is 0 Å². The highest BCUT2D eigenvalue weighted by molar-refractivity contribution is 8.18. The number of carbonyl (C=O) groups excluding carboxylic acids is 1. The number of amidine groups is 1. The van der Waals surface area contributed by atoms with Crippen molar-refractivity contribution in [3.05, 3.63) is 94.9 Å². The molecule has 1 aliphatic heterocycles. The van der Waals surface area contributed by atoms with Crippen molar-refractivity contribution in [1.82, 2.24) is 4.90 Å². The average Bonchev–Trinajstić information content (AvgIpc) is 3.16. The third-order valence-corrected chi connectivity index (χ3v) is 6.34. The summed E-state index contributed by atoms with van der Waals surface area (Å²) in [5.41, 5.74) is 2.73. The second-order valence-electron chi connectivity index (χ2n) is 7.67. The first-order valence-electron chi connectivity index (χ1n) is 11.4. The van der Waals surface area contributed by atoms with Crippen LogP contribution in [-0.4, -0.2) is 29.2 Å². The summed E-state index contributed by atoms with van der Waals surface area (Å²) in [6.07, 6.45) is 1.89. The minimum Gasteiger partial charge on any atom is -0.490 e. The maximum Gasteiger partial charge on any atom is 0.267 e. The SMILES string of the molecule is CCOc1ccc(/C=C2/SC(=Nc3ccccc3)N([C@@H](C)c3ccccc3)C2=O)cc1OCC. The van der Waals surface area contributed by atoms with Crippen molar-refractivity contribution in [2.24, 2.45) is 4.99 Å². The minimum absolute atomic E-state index is 0.0668. The minimum atomic E-state index is -0.158. The molecule has 3 aromatic rings. The van der Waals surface area contributed by atoms with Gasteiger partial charge in [0, 0.05) is 0 Å². The maximum absolute atomic E-state index is 13.6. The maximum atomic E-state index is 13.6. The smallest absolute Gasteiger partial charge is 0.267 e. The molecular weight excluding hydrogens is 444 g/mol. The number of thioether (sulfide) groups is 1. The Balaban J connectivity index is 1.72. The van der Waals surface area contributed by atoms with Gasteiger partial charge in [-0.1, -0.05) is 54.6 Å². The Morgan fingerprint density at radius 3 is 2.24 bits per heavy atom. The first kappa shape index (κ1) is 23.6. The van der Waals surface area contributed by atoms with Crippen LogP contribution < -0.4 is 9.47 Å². The van der Waals surface area contributed by atoms with Crippen LogP contribution in [-0.2, 0) is 4.79 Å². The molecule has 0 aromatic heterocycles. The number of hydrogen-bond donors (Lipinski definition) is 0. The van der Waals surface area contributed by atoms with E-state index in [-0.39, 0.29) is 11.9 Å². The third kappa shape index (κ3) is 5.34. The molecule has 0 spiro atoms. The molecule has 1 saturated heterocycles. The number of nitrogens with zero attached hydrogens (tertiary/aromatic N) is 2. The van der Waals surface area contributed by atoms with Crippen LogP contribution in [0.4, 0.5) is 5.69 Å². The lowest BCUT2D eigenvalue weighted by Gasteiger charge is -2.24. The van der Waals surface area contributed by atoms with Gasteiger partial charge in [0.05, 0.1) is 29.8 Å². The van der Waals surface area contributed by atoms with E-state index in [4.69, 9.17) is 14.5 Å². The van der Waals surface area contributed by atoms with Gasteiger partial charge in [0.25, 0.3) is 5.91 Å². The number of benzene rings is 3. The molecule has 0 N–H and O–H groups in total. The van der Waals surface area contributed by atoms with Gasteiger partial charge in [-0.05, 0) is 74.0 Å². The molecule has 0 unspecified atom stereocenters. The van der Waals surface area contributed by atoms with E-state index in [1.807, 2.05) is 106 Å². The molecule has 174 valence electrons. The van der Waals surface area contributed by atoms with Crippen molar-refractivity contribution in [3.63, 3.8) is 0 Å². The van der Waals surface area contributed by atoms with Gasteiger partial charge in [-0.3, -0.25) is 9.69 Å². The topological polar surface area (TPSA) is 51.1 Å². The second kappa shape index (κ2) is 11.1. The van der Waals surface area contributed by atoms with Crippen LogP contribution in [0.2, 0.25) is 0 Å². The number of amides is 1. The Labute approximate surface area is 205 Å². The number of ether oxygens (including phenoxy) is 2. The summed E-state index contributed by atoms with van der Waals surface area (Å²) in [6, 6.07) is 25.3. The van der Waals surface area contributed by atoms with Crippen LogP contribution in [0, 0.1) is 0 Å². The number of carbonyl (C=O) groups is 1. The fourth-order valence-corrected chi connectivity index (χ4v) is 4.78. The average molecular weight is 473 g/mol. The standard InChI is InChI=1S/C28H28N2O3S/c1-4-32-24-17-16-21(18-25(24)33-5-2)19-26-27(31)30(20(3)22-12-8-6-9-13-22)28(34-26)29-23-14-10-7-11-15-23/h6-20H,4-5H2,1-3H3/b26-19+,29-28?/t20-/m0/s1. The van der Waals surface area contributed by atoms with Crippen LogP contribution >= 0.6 is 11.8 Å². The number of aliphatic imine (C=N–C) groups is 1. The summed E-state index contributed by atoms with van der Waals surface area (Å²) >= 11 is 1.39. The van der Waals surface area contributed by atoms with E-state index in [0.717, 1.165) is 16.8 Å². The van der Waals surface area contributed by atoms with Crippen LogP contribution in [0.25, 0.3) is 6.08 Å². The fraction of sp³-hybridized carbons (Fsp3) is 0.214. The summed E-state index contributed by atoms with van der Waals surface area (Å²) in [6.45, 7) is 6.99. The lowest BCUT2D eigenvalue weighted by Crippen LogP contribution is -2.32. The van der Waals surface area contributed by atoms with E-state index in [9.17, 15) is 4.79 Å². The number of para-hydroxylation sites is 1. The van der Waals surface area contributed by atoms with E-state index in [2.05, 4.69) is 0 Å². The zero-order valence-corrected chi connectivity index (χ0v) is 20.4. The van der Waals surface area contributed by atoms with Crippen molar-refractivity contribution in [2.45, 2.75) is 26.8 Å². The van der Waals surface area contributed by atoms with Crippen molar-refractivity contribution < 1.29 is 14.3 Å². The van der Waals surface area contributed by atoms with Crippen molar-refractivity contribution in [2.75, 3.05) is 13.2 Å². The summed E-state index contributed by atoms with van der Waals surface area (Å²) in [5.74, 6) is 1.30. The summed E-state index contributed by atoms with van der Waals surface area (Å²) < 4.78 is 11.4. The van der Waals surface area contributed by atoms with Gasteiger partial charge in [-0.2, -0.15) is 0 Å². The third-order valence-electron chi connectivity index (χ3n) is 5.35. The molecule has 5 nitrogen and oxygen atoms in total. The molecule has 6 heteroatoms. The van der Waals surface area contributed by atoms with E-state index in [1.54, 1.807) is 4.90 Å². The molecule has 0 saturated carbocycles.